The number of anilines is 1. The van der Waals surface area contributed by atoms with Crippen molar-refractivity contribution in [3.8, 4) is 0 Å². The predicted octanol–water partition coefficient (Wildman–Crippen LogP) is 4.14. The summed E-state index contributed by atoms with van der Waals surface area (Å²) in [6.07, 6.45) is 1.35. The molecule has 1 aliphatic heterocycles. The molecule has 28 heavy (non-hydrogen) atoms. The van der Waals surface area contributed by atoms with E-state index in [2.05, 4.69) is 5.32 Å². The molecule has 1 heterocycles. The van der Waals surface area contributed by atoms with Crippen LogP contribution in [0.4, 0.5) is 5.69 Å². The molecule has 0 spiro atoms. The number of piperidine rings is 1. The first-order valence-corrected chi connectivity index (χ1v) is 11.3. The topological polar surface area (TPSA) is 66.5 Å². The zero-order chi connectivity index (χ0) is 20.3. The first-order valence-electron chi connectivity index (χ1n) is 9.35. The minimum Gasteiger partial charge on any atom is -0.326 e. The molecule has 1 aliphatic rings. The molecule has 5 nitrogen and oxygen atoms in total. The maximum absolute atomic E-state index is 12.8. The Balaban J connectivity index is 1.69. The summed E-state index contributed by atoms with van der Waals surface area (Å²) in [6, 6.07) is 12.6. The largest absolute Gasteiger partial charge is 0.326 e. The Morgan fingerprint density at radius 3 is 2.71 bits per heavy atom. The molecular weight excluding hydrogens is 396 g/mol. The monoisotopic (exact) mass is 420 g/mol. The standard InChI is InChI=1S/C21H25ClN2O3S/c1-15-6-3-10-20(16(15)2)23-21(25)18-8-5-11-24(13-18)28(26,27)14-17-7-4-9-19(22)12-17/h3-4,6-7,9-10,12,18H,5,8,11,13-14H2,1-2H3,(H,23,25)/t18-/m0/s1. The van der Waals surface area contributed by atoms with Gasteiger partial charge in [-0.25, -0.2) is 12.7 Å². The second-order valence-electron chi connectivity index (χ2n) is 7.32. The van der Waals surface area contributed by atoms with Crippen LogP contribution < -0.4 is 5.32 Å². The van der Waals surface area contributed by atoms with Gasteiger partial charge in [-0.3, -0.25) is 4.79 Å². The minimum atomic E-state index is -3.51. The van der Waals surface area contributed by atoms with Crippen LogP contribution in [0.15, 0.2) is 42.5 Å². The number of nitrogens with one attached hydrogen (secondary N) is 1. The van der Waals surface area contributed by atoms with Crippen molar-refractivity contribution in [1.29, 1.82) is 0 Å². The van der Waals surface area contributed by atoms with Gasteiger partial charge in [-0.05, 0) is 61.6 Å². The van der Waals surface area contributed by atoms with Crippen LogP contribution in [-0.4, -0.2) is 31.7 Å². The summed E-state index contributed by atoms with van der Waals surface area (Å²) in [5.41, 5.74) is 3.56. The molecule has 0 aliphatic carbocycles. The van der Waals surface area contributed by atoms with E-state index in [1.165, 1.54) is 4.31 Å². The highest BCUT2D eigenvalue weighted by Crippen LogP contribution is 2.25. The van der Waals surface area contributed by atoms with Crippen molar-refractivity contribution in [2.45, 2.75) is 32.4 Å². The summed E-state index contributed by atoms with van der Waals surface area (Å²) >= 11 is 5.96. The van der Waals surface area contributed by atoms with Gasteiger partial charge in [-0.2, -0.15) is 0 Å². The van der Waals surface area contributed by atoms with Crippen LogP contribution in [0.2, 0.25) is 5.02 Å². The van der Waals surface area contributed by atoms with Crippen molar-refractivity contribution >= 4 is 33.2 Å². The molecule has 0 unspecified atom stereocenters. The molecule has 150 valence electrons. The van der Waals surface area contributed by atoms with Gasteiger partial charge in [0.2, 0.25) is 15.9 Å². The van der Waals surface area contributed by atoms with Gasteiger partial charge in [0.15, 0.2) is 0 Å². The maximum atomic E-state index is 12.8. The van der Waals surface area contributed by atoms with Crippen LogP contribution in [0.1, 0.15) is 29.5 Å². The molecule has 1 atom stereocenters. The molecule has 1 fully saturated rings. The molecule has 3 rings (SSSR count). The summed E-state index contributed by atoms with van der Waals surface area (Å²) < 4.78 is 27.1. The van der Waals surface area contributed by atoms with Crippen molar-refractivity contribution in [3.63, 3.8) is 0 Å². The summed E-state index contributed by atoms with van der Waals surface area (Å²) in [7, 11) is -3.51. The second-order valence-corrected chi connectivity index (χ2v) is 9.73. The lowest BCUT2D eigenvalue weighted by Gasteiger charge is -2.31. The van der Waals surface area contributed by atoms with Crippen molar-refractivity contribution in [2.24, 2.45) is 5.92 Å². The highest BCUT2D eigenvalue weighted by atomic mass is 35.5. The van der Waals surface area contributed by atoms with Gasteiger partial charge in [0, 0.05) is 23.8 Å². The molecule has 1 amide bonds. The van der Waals surface area contributed by atoms with Crippen molar-refractivity contribution in [1.82, 2.24) is 4.31 Å². The van der Waals surface area contributed by atoms with E-state index in [9.17, 15) is 13.2 Å². The third kappa shape index (κ3) is 4.93. The Hall–Kier alpha value is -1.89. The van der Waals surface area contributed by atoms with Crippen molar-refractivity contribution in [2.75, 3.05) is 18.4 Å². The van der Waals surface area contributed by atoms with Crippen LogP contribution in [-0.2, 0) is 20.6 Å². The average molecular weight is 421 g/mol. The van der Waals surface area contributed by atoms with Crippen LogP contribution in [0.25, 0.3) is 0 Å². The summed E-state index contributed by atoms with van der Waals surface area (Å²) in [4.78, 5) is 12.8. The van der Waals surface area contributed by atoms with Crippen LogP contribution in [0.3, 0.4) is 0 Å². The predicted molar refractivity (Wildman–Crippen MR) is 113 cm³/mol. The number of benzene rings is 2. The van der Waals surface area contributed by atoms with Gasteiger partial charge in [0.05, 0.1) is 11.7 Å². The number of halogens is 1. The van der Waals surface area contributed by atoms with E-state index in [1.807, 2.05) is 32.0 Å². The van der Waals surface area contributed by atoms with Crippen LogP contribution in [0, 0.1) is 19.8 Å². The SMILES string of the molecule is Cc1cccc(NC(=O)[C@H]2CCCN(S(=O)(=O)Cc3cccc(Cl)c3)C2)c1C. The zero-order valence-corrected chi connectivity index (χ0v) is 17.7. The van der Waals surface area contributed by atoms with Crippen LogP contribution in [0.5, 0.6) is 0 Å². The lowest BCUT2D eigenvalue weighted by atomic mass is 9.98. The van der Waals surface area contributed by atoms with Crippen LogP contribution >= 0.6 is 11.6 Å². The van der Waals surface area contributed by atoms with Gasteiger partial charge in [0.25, 0.3) is 0 Å². The number of sulfonamides is 1. The third-order valence-corrected chi connectivity index (χ3v) is 7.30. The van der Waals surface area contributed by atoms with Crippen molar-refractivity contribution in [3.05, 3.63) is 64.2 Å². The Bertz CT molecular complexity index is 975. The molecular formula is C21H25ClN2O3S. The van der Waals surface area contributed by atoms with E-state index in [1.54, 1.807) is 24.3 Å². The maximum Gasteiger partial charge on any atom is 0.228 e. The Kier molecular flexibility index (Phi) is 6.43. The normalized spacial score (nSPS) is 18.0. The van der Waals surface area contributed by atoms with Gasteiger partial charge < -0.3 is 5.32 Å². The molecule has 2 aromatic carbocycles. The number of aryl methyl sites for hydroxylation is 1. The Morgan fingerprint density at radius 2 is 1.96 bits per heavy atom. The molecule has 1 N–H and O–H groups in total. The van der Waals surface area contributed by atoms with E-state index >= 15 is 0 Å². The van der Waals surface area contributed by atoms with E-state index in [4.69, 9.17) is 11.6 Å². The number of hydrogen-bond acceptors (Lipinski definition) is 3. The molecule has 0 radical (unpaired) electrons. The lowest BCUT2D eigenvalue weighted by molar-refractivity contribution is -0.120. The molecule has 2 aromatic rings. The summed E-state index contributed by atoms with van der Waals surface area (Å²) in [6.45, 7) is 4.61. The summed E-state index contributed by atoms with van der Waals surface area (Å²) in [5, 5.41) is 3.48. The second kappa shape index (κ2) is 8.64. The summed E-state index contributed by atoms with van der Waals surface area (Å²) in [5.74, 6) is -0.599. The van der Waals surface area contributed by atoms with E-state index < -0.39 is 10.0 Å². The quantitative estimate of drug-likeness (QED) is 0.790. The van der Waals surface area contributed by atoms with Gasteiger partial charge in [0.1, 0.15) is 0 Å². The van der Waals surface area contributed by atoms with Gasteiger partial charge in [-0.15, -0.1) is 0 Å². The number of amides is 1. The fraction of sp³-hybridized carbons (Fsp3) is 0.381. The smallest absolute Gasteiger partial charge is 0.228 e. The highest BCUT2D eigenvalue weighted by molar-refractivity contribution is 7.88. The zero-order valence-electron chi connectivity index (χ0n) is 16.1. The fourth-order valence-corrected chi connectivity index (χ4v) is 5.27. The molecule has 0 aromatic heterocycles. The molecule has 1 saturated heterocycles. The number of nitrogens with zero attached hydrogens (tertiary/aromatic N) is 1. The number of hydrogen-bond donors (Lipinski definition) is 1. The van der Waals surface area contributed by atoms with Gasteiger partial charge >= 0.3 is 0 Å². The number of rotatable bonds is 5. The lowest BCUT2D eigenvalue weighted by Crippen LogP contribution is -2.44. The first kappa shape index (κ1) is 20.8. The number of carbonyl (C=O) groups excluding carboxylic acids is 1. The van der Waals surface area contributed by atoms with Crippen molar-refractivity contribution < 1.29 is 13.2 Å². The number of carbonyl (C=O) groups is 1. The van der Waals surface area contributed by atoms with E-state index in [-0.39, 0.29) is 24.1 Å². The Labute approximate surface area is 171 Å². The molecule has 0 saturated carbocycles. The molecule has 7 heteroatoms. The van der Waals surface area contributed by atoms with Gasteiger partial charge in [-0.1, -0.05) is 35.9 Å². The van der Waals surface area contributed by atoms with E-state index in [0.717, 1.165) is 16.8 Å². The Morgan fingerprint density at radius 1 is 1.21 bits per heavy atom. The fourth-order valence-electron chi connectivity index (χ4n) is 3.46. The minimum absolute atomic E-state index is 0.112. The molecule has 0 bridgehead atoms. The third-order valence-electron chi connectivity index (χ3n) is 5.25. The first-order chi connectivity index (χ1) is 13.3. The highest BCUT2D eigenvalue weighted by Gasteiger charge is 2.32. The van der Waals surface area contributed by atoms with E-state index in [0.29, 0.717) is 30.0 Å². The average Bonchev–Trinajstić information content (AvgIpc) is 2.65.